The second-order valence-corrected chi connectivity index (χ2v) is 6.74. The third-order valence-corrected chi connectivity index (χ3v) is 5.25. The molecule has 2 heterocycles. The van der Waals surface area contributed by atoms with Gasteiger partial charge in [-0.05, 0) is 29.8 Å². The van der Waals surface area contributed by atoms with Gasteiger partial charge in [0.05, 0.1) is 25.3 Å². The lowest BCUT2D eigenvalue weighted by Crippen LogP contribution is -1.90. The van der Waals surface area contributed by atoms with Crippen LogP contribution in [0.1, 0.15) is 16.2 Å². The van der Waals surface area contributed by atoms with Gasteiger partial charge in [0.15, 0.2) is 0 Å². The van der Waals surface area contributed by atoms with Crippen LogP contribution in [0.3, 0.4) is 0 Å². The quantitative estimate of drug-likeness (QED) is 0.482. The van der Waals surface area contributed by atoms with Crippen LogP contribution in [0.4, 0.5) is 5.13 Å². The van der Waals surface area contributed by atoms with Crippen LogP contribution in [0.5, 0.6) is 5.75 Å². The van der Waals surface area contributed by atoms with Gasteiger partial charge in [0.1, 0.15) is 11.5 Å². The first-order valence-electron chi connectivity index (χ1n) is 6.69. The van der Waals surface area contributed by atoms with Gasteiger partial charge in [-0.15, -0.1) is 0 Å². The number of aromatic nitrogens is 1. The maximum absolute atomic E-state index is 5.49. The van der Waals surface area contributed by atoms with E-state index in [2.05, 4.69) is 25.9 Å². The third-order valence-electron chi connectivity index (χ3n) is 3.54. The number of hydrogen-bond donors (Lipinski definition) is 0. The predicted octanol–water partition coefficient (Wildman–Crippen LogP) is 4.83. The second-order valence-electron chi connectivity index (χ2n) is 4.82. The van der Waals surface area contributed by atoms with Gasteiger partial charge in [-0.25, -0.2) is 9.98 Å². The summed E-state index contributed by atoms with van der Waals surface area (Å²) in [5.41, 5.74) is 3.28. The summed E-state index contributed by atoms with van der Waals surface area (Å²) < 4.78 is 11.8. The fourth-order valence-electron chi connectivity index (χ4n) is 2.56. The van der Waals surface area contributed by atoms with Crippen molar-refractivity contribution in [2.75, 3.05) is 7.11 Å². The van der Waals surface area contributed by atoms with Crippen LogP contribution in [-0.4, -0.2) is 18.3 Å². The Labute approximate surface area is 139 Å². The number of aliphatic imine (C=N–C) groups is 1. The molecule has 0 saturated heterocycles. The Morgan fingerprint density at radius 1 is 1.41 bits per heavy atom. The van der Waals surface area contributed by atoms with Crippen LogP contribution in [0.25, 0.3) is 11.3 Å². The average Bonchev–Trinajstić information content (AvgIpc) is 3.21. The van der Waals surface area contributed by atoms with E-state index in [4.69, 9.17) is 9.15 Å². The van der Waals surface area contributed by atoms with Crippen LogP contribution in [0.15, 0.2) is 44.4 Å². The number of benzene rings is 1. The highest BCUT2D eigenvalue weighted by Crippen LogP contribution is 2.48. The topological polar surface area (TPSA) is 47.6 Å². The number of ether oxygens (including phenoxy) is 1. The number of furan rings is 1. The minimum absolute atomic E-state index is 0.719. The summed E-state index contributed by atoms with van der Waals surface area (Å²) in [7, 11) is 1.68. The minimum atomic E-state index is 0.719. The van der Waals surface area contributed by atoms with E-state index < -0.39 is 0 Å². The number of halogens is 1. The van der Waals surface area contributed by atoms with Crippen LogP contribution in [-0.2, 0) is 6.42 Å². The Bertz CT molecular complexity index is 869. The van der Waals surface area contributed by atoms with Crippen molar-refractivity contribution in [3.8, 4) is 17.0 Å². The van der Waals surface area contributed by atoms with Gasteiger partial charge in [0, 0.05) is 21.3 Å². The molecular formula is C16H11BrN2O2S. The van der Waals surface area contributed by atoms with E-state index >= 15 is 0 Å². The summed E-state index contributed by atoms with van der Waals surface area (Å²) in [5, 5.41) is 0.731. The highest BCUT2D eigenvalue weighted by Gasteiger charge is 2.28. The maximum atomic E-state index is 5.49. The smallest absolute Gasteiger partial charge is 0.210 e. The van der Waals surface area contributed by atoms with Crippen molar-refractivity contribution in [1.82, 2.24) is 4.98 Å². The van der Waals surface area contributed by atoms with Crippen LogP contribution < -0.4 is 4.74 Å². The number of rotatable bonds is 3. The normalized spacial score (nSPS) is 12.6. The molecule has 2 aromatic heterocycles. The molecule has 0 fully saturated rings. The number of methoxy groups -OCH3 is 1. The molecule has 110 valence electrons. The molecule has 0 radical (unpaired) electrons. The molecule has 4 rings (SSSR count). The van der Waals surface area contributed by atoms with Crippen molar-refractivity contribution < 1.29 is 9.15 Å². The van der Waals surface area contributed by atoms with E-state index in [9.17, 15) is 0 Å². The summed E-state index contributed by atoms with van der Waals surface area (Å²) in [6.45, 7) is 0. The lowest BCUT2D eigenvalue weighted by molar-refractivity contribution is 0.416. The van der Waals surface area contributed by atoms with Gasteiger partial charge in [-0.1, -0.05) is 27.3 Å². The van der Waals surface area contributed by atoms with Gasteiger partial charge >= 0.3 is 0 Å². The molecule has 0 aliphatic heterocycles. The Hall–Kier alpha value is -1.92. The molecular weight excluding hydrogens is 364 g/mol. The number of thiazole rings is 1. The van der Waals surface area contributed by atoms with Crippen molar-refractivity contribution in [2.45, 2.75) is 6.42 Å². The molecule has 1 aliphatic carbocycles. The van der Waals surface area contributed by atoms with Crippen molar-refractivity contribution >= 4 is 38.6 Å². The van der Waals surface area contributed by atoms with Gasteiger partial charge in [-0.3, -0.25) is 0 Å². The third kappa shape index (κ3) is 2.19. The summed E-state index contributed by atoms with van der Waals surface area (Å²) >= 11 is 5.21. The van der Waals surface area contributed by atoms with Crippen molar-refractivity contribution in [3.63, 3.8) is 0 Å². The zero-order valence-electron chi connectivity index (χ0n) is 11.7. The first kappa shape index (κ1) is 13.7. The summed E-state index contributed by atoms with van der Waals surface area (Å²) in [6.07, 6.45) is 4.17. The molecule has 4 nitrogen and oxygen atoms in total. The first-order valence-corrected chi connectivity index (χ1v) is 8.30. The molecule has 0 amide bonds. The Balaban J connectivity index is 1.75. The molecule has 0 spiro atoms. The molecule has 0 unspecified atom stereocenters. The van der Waals surface area contributed by atoms with E-state index in [1.165, 1.54) is 10.4 Å². The molecule has 0 atom stereocenters. The highest BCUT2D eigenvalue weighted by molar-refractivity contribution is 9.10. The van der Waals surface area contributed by atoms with Gasteiger partial charge in [-0.2, -0.15) is 0 Å². The van der Waals surface area contributed by atoms with Crippen molar-refractivity contribution in [3.05, 3.63) is 51.2 Å². The Morgan fingerprint density at radius 2 is 2.32 bits per heavy atom. The molecule has 22 heavy (non-hydrogen) atoms. The zero-order valence-corrected chi connectivity index (χ0v) is 14.1. The number of hydrogen-bond acceptors (Lipinski definition) is 5. The molecule has 0 saturated carbocycles. The molecule has 1 aliphatic rings. The summed E-state index contributed by atoms with van der Waals surface area (Å²) in [4.78, 5) is 10.3. The minimum Gasteiger partial charge on any atom is -0.496 e. The fourth-order valence-corrected chi connectivity index (χ4v) is 3.95. The summed E-state index contributed by atoms with van der Waals surface area (Å²) in [5.74, 6) is 1.57. The first-order chi connectivity index (χ1) is 10.8. The highest BCUT2D eigenvalue weighted by atomic mass is 79.9. The number of nitrogens with zero attached hydrogens (tertiary/aromatic N) is 2. The maximum Gasteiger partial charge on any atom is 0.210 e. The Morgan fingerprint density at radius 3 is 3.09 bits per heavy atom. The van der Waals surface area contributed by atoms with E-state index in [1.54, 1.807) is 30.9 Å². The SMILES string of the molecule is COc1ccc(Br)c2c1-c1nc(N=Cc3ccco3)sc1C2. The van der Waals surface area contributed by atoms with Crippen molar-refractivity contribution in [2.24, 2.45) is 4.99 Å². The monoisotopic (exact) mass is 374 g/mol. The van der Waals surface area contributed by atoms with Crippen LogP contribution >= 0.6 is 27.3 Å². The lowest BCUT2D eigenvalue weighted by Gasteiger charge is -2.08. The standard InChI is InChI=1S/C16H11BrN2O2S/c1-20-12-5-4-11(17)10-7-13-15(14(10)12)19-16(22-13)18-8-9-3-2-6-21-9/h2-6,8H,7H2,1H3. The van der Waals surface area contributed by atoms with E-state index in [1.807, 2.05) is 24.3 Å². The molecule has 3 aromatic rings. The zero-order chi connectivity index (χ0) is 15.1. The van der Waals surface area contributed by atoms with E-state index in [-0.39, 0.29) is 0 Å². The van der Waals surface area contributed by atoms with Crippen LogP contribution in [0.2, 0.25) is 0 Å². The lowest BCUT2D eigenvalue weighted by atomic mass is 10.1. The largest absolute Gasteiger partial charge is 0.496 e. The van der Waals surface area contributed by atoms with Gasteiger partial charge in [0.25, 0.3) is 0 Å². The fraction of sp³-hybridized carbons (Fsp3) is 0.125. The number of fused-ring (bicyclic) bond motifs is 3. The van der Waals surface area contributed by atoms with E-state index in [0.717, 1.165) is 38.8 Å². The van der Waals surface area contributed by atoms with E-state index in [0.29, 0.717) is 0 Å². The predicted molar refractivity (Wildman–Crippen MR) is 90.6 cm³/mol. The molecule has 1 aromatic carbocycles. The second kappa shape index (κ2) is 5.37. The Kier molecular flexibility index (Phi) is 3.35. The van der Waals surface area contributed by atoms with Crippen LogP contribution in [0, 0.1) is 0 Å². The molecule has 0 N–H and O–H groups in total. The summed E-state index contributed by atoms with van der Waals surface area (Å²) in [6, 6.07) is 7.68. The van der Waals surface area contributed by atoms with Gasteiger partial charge in [0.2, 0.25) is 5.13 Å². The average molecular weight is 375 g/mol. The van der Waals surface area contributed by atoms with Gasteiger partial charge < -0.3 is 9.15 Å². The molecule has 6 heteroatoms. The molecule has 0 bridgehead atoms. The van der Waals surface area contributed by atoms with Crippen molar-refractivity contribution in [1.29, 1.82) is 0 Å².